The lowest BCUT2D eigenvalue weighted by molar-refractivity contribution is -0.141. The second-order valence-electron chi connectivity index (χ2n) is 9.56. The smallest absolute Gasteiger partial charge is 0.261 e. The number of imide groups is 1. The van der Waals surface area contributed by atoms with Gasteiger partial charge in [0.2, 0.25) is 11.8 Å². The lowest BCUT2D eigenvalue weighted by Crippen LogP contribution is -2.50. The number of benzene rings is 3. The lowest BCUT2D eigenvalue weighted by Gasteiger charge is -2.32. The molecule has 0 aliphatic carbocycles. The Balaban J connectivity index is 1.53. The van der Waals surface area contributed by atoms with Gasteiger partial charge in [0.25, 0.3) is 11.8 Å². The van der Waals surface area contributed by atoms with Crippen molar-refractivity contribution in [1.29, 1.82) is 0 Å². The number of hydrogen-bond donors (Lipinski definition) is 1. The highest BCUT2D eigenvalue weighted by Crippen LogP contribution is 2.23. The van der Waals surface area contributed by atoms with Crippen molar-refractivity contribution in [2.24, 2.45) is 0 Å². The van der Waals surface area contributed by atoms with Gasteiger partial charge in [-0.25, -0.2) is 0 Å². The van der Waals surface area contributed by atoms with E-state index in [4.69, 9.17) is 11.6 Å². The molecule has 7 nitrogen and oxygen atoms in total. The molecule has 1 N–H and O–H groups in total. The van der Waals surface area contributed by atoms with E-state index in [9.17, 15) is 19.2 Å². The van der Waals surface area contributed by atoms with Gasteiger partial charge < -0.3 is 10.2 Å². The van der Waals surface area contributed by atoms with Crippen LogP contribution in [0.3, 0.4) is 0 Å². The van der Waals surface area contributed by atoms with Gasteiger partial charge in [-0.15, -0.1) is 0 Å². The third kappa shape index (κ3) is 6.92. The molecule has 0 unspecified atom stereocenters. The van der Waals surface area contributed by atoms with E-state index in [1.54, 1.807) is 41.3 Å². The van der Waals surface area contributed by atoms with Crippen molar-refractivity contribution in [2.75, 3.05) is 13.1 Å². The molecule has 39 heavy (non-hydrogen) atoms. The summed E-state index contributed by atoms with van der Waals surface area (Å²) in [4.78, 5) is 55.3. The normalized spacial score (nSPS) is 13.2. The molecule has 0 saturated carbocycles. The van der Waals surface area contributed by atoms with Crippen LogP contribution >= 0.6 is 11.6 Å². The second-order valence-corrected chi connectivity index (χ2v) is 10.00. The van der Waals surface area contributed by atoms with Crippen molar-refractivity contribution in [1.82, 2.24) is 15.1 Å². The fourth-order valence-electron chi connectivity index (χ4n) is 4.73. The minimum atomic E-state index is -0.746. The molecule has 4 amide bonds. The predicted octanol–water partition coefficient (Wildman–Crippen LogP) is 4.88. The third-order valence-corrected chi connectivity index (χ3v) is 6.95. The van der Waals surface area contributed by atoms with Crippen molar-refractivity contribution in [3.8, 4) is 0 Å². The van der Waals surface area contributed by atoms with Crippen LogP contribution in [-0.2, 0) is 22.6 Å². The van der Waals surface area contributed by atoms with Crippen LogP contribution in [0.1, 0.15) is 58.0 Å². The van der Waals surface area contributed by atoms with Gasteiger partial charge in [-0.2, -0.15) is 0 Å². The number of fused-ring (bicyclic) bond motifs is 1. The summed E-state index contributed by atoms with van der Waals surface area (Å²) in [5.41, 5.74) is 2.50. The number of hydrogen-bond acceptors (Lipinski definition) is 4. The van der Waals surface area contributed by atoms with E-state index in [1.807, 2.05) is 49.4 Å². The molecule has 4 rings (SSSR count). The van der Waals surface area contributed by atoms with Crippen molar-refractivity contribution >= 4 is 35.2 Å². The van der Waals surface area contributed by atoms with Crippen LogP contribution in [0.25, 0.3) is 0 Å². The van der Waals surface area contributed by atoms with Crippen molar-refractivity contribution in [3.05, 3.63) is 106 Å². The Morgan fingerprint density at radius 2 is 1.54 bits per heavy atom. The number of carbonyl (C=O) groups excluding carboxylic acids is 4. The zero-order chi connectivity index (χ0) is 27.8. The van der Waals surface area contributed by atoms with Gasteiger partial charge in [0.1, 0.15) is 6.04 Å². The van der Waals surface area contributed by atoms with Crippen LogP contribution in [0, 0.1) is 0 Å². The van der Waals surface area contributed by atoms with Gasteiger partial charge >= 0.3 is 0 Å². The monoisotopic (exact) mass is 545 g/mol. The van der Waals surface area contributed by atoms with Crippen LogP contribution in [0.4, 0.5) is 0 Å². The van der Waals surface area contributed by atoms with Crippen molar-refractivity contribution < 1.29 is 19.2 Å². The molecule has 1 aliphatic rings. The van der Waals surface area contributed by atoms with Gasteiger partial charge in [-0.1, -0.05) is 73.1 Å². The summed E-state index contributed by atoms with van der Waals surface area (Å²) in [5, 5.41) is 3.49. The molecular weight excluding hydrogens is 514 g/mol. The fourth-order valence-corrected chi connectivity index (χ4v) is 4.94. The number of nitrogens with zero attached hydrogens (tertiary/aromatic N) is 2. The van der Waals surface area contributed by atoms with E-state index in [0.29, 0.717) is 29.1 Å². The number of rotatable bonds is 12. The van der Waals surface area contributed by atoms with E-state index in [2.05, 4.69) is 5.32 Å². The molecule has 1 heterocycles. The van der Waals surface area contributed by atoms with Crippen molar-refractivity contribution in [2.45, 2.75) is 45.2 Å². The van der Waals surface area contributed by atoms with E-state index < -0.39 is 6.04 Å². The number of amides is 4. The van der Waals surface area contributed by atoms with Gasteiger partial charge in [0.05, 0.1) is 11.1 Å². The van der Waals surface area contributed by atoms with Gasteiger partial charge in [-0.05, 0) is 48.2 Å². The fraction of sp³-hybridized carbons (Fsp3) is 0.290. The maximum absolute atomic E-state index is 13.7. The standard InChI is InChI=1S/C31H32ClN3O4/c1-2-17-33-29(37)27(20-22-10-4-3-5-11-22)35(21-23-12-8-13-24(32)19-23)28(36)16-9-18-34-30(38)25-14-6-7-15-26(25)31(34)39/h3-8,10-15,19,27H,2,9,16-18,20-21H2,1H3,(H,33,37)/t27-/m0/s1. The van der Waals surface area contributed by atoms with E-state index in [1.165, 1.54) is 4.90 Å². The first-order chi connectivity index (χ1) is 18.9. The maximum Gasteiger partial charge on any atom is 0.261 e. The first kappa shape index (κ1) is 28.0. The maximum atomic E-state index is 13.7. The Kier molecular flexibility index (Phi) is 9.49. The summed E-state index contributed by atoms with van der Waals surface area (Å²) in [5.74, 6) is -1.16. The molecule has 0 aromatic heterocycles. The minimum absolute atomic E-state index is 0.0698. The quantitative estimate of drug-likeness (QED) is 0.329. The Hall–Kier alpha value is -3.97. The van der Waals surface area contributed by atoms with E-state index in [0.717, 1.165) is 17.5 Å². The molecule has 1 atom stereocenters. The second kappa shape index (κ2) is 13.2. The average Bonchev–Trinajstić information content (AvgIpc) is 3.19. The SMILES string of the molecule is CCCNC(=O)[C@H](Cc1ccccc1)N(Cc1cccc(Cl)c1)C(=O)CCCN1C(=O)c2ccccc2C1=O. The zero-order valence-corrected chi connectivity index (χ0v) is 22.7. The summed E-state index contributed by atoms with van der Waals surface area (Å²) >= 11 is 6.22. The molecule has 3 aromatic rings. The van der Waals surface area contributed by atoms with Crippen LogP contribution in [-0.4, -0.2) is 52.6 Å². The highest BCUT2D eigenvalue weighted by Gasteiger charge is 2.35. The molecule has 1 aliphatic heterocycles. The van der Waals surface area contributed by atoms with E-state index >= 15 is 0 Å². The van der Waals surface area contributed by atoms with Crippen molar-refractivity contribution in [3.63, 3.8) is 0 Å². The van der Waals surface area contributed by atoms with Crippen LogP contribution in [0.5, 0.6) is 0 Å². The molecule has 0 spiro atoms. The highest BCUT2D eigenvalue weighted by molar-refractivity contribution is 6.30. The molecule has 3 aromatic carbocycles. The van der Waals surface area contributed by atoms with Crippen LogP contribution in [0.2, 0.25) is 5.02 Å². The molecule has 8 heteroatoms. The highest BCUT2D eigenvalue weighted by atomic mass is 35.5. The summed E-state index contributed by atoms with van der Waals surface area (Å²) in [6, 6.07) is 22.8. The molecular formula is C31H32ClN3O4. The molecule has 0 fully saturated rings. The van der Waals surface area contributed by atoms with Gasteiger partial charge in [-0.3, -0.25) is 24.1 Å². The number of halogens is 1. The molecule has 0 radical (unpaired) electrons. The topological polar surface area (TPSA) is 86.8 Å². The average molecular weight is 546 g/mol. The first-order valence-electron chi connectivity index (χ1n) is 13.2. The first-order valence-corrected chi connectivity index (χ1v) is 13.6. The lowest BCUT2D eigenvalue weighted by atomic mass is 10.0. The molecule has 0 bridgehead atoms. The Labute approximate surface area is 233 Å². The third-order valence-electron chi connectivity index (χ3n) is 6.71. The number of carbonyl (C=O) groups is 4. The predicted molar refractivity (Wildman–Crippen MR) is 150 cm³/mol. The molecule has 0 saturated heterocycles. The molecule has 202 valence electrons. The zero-order valence-electron chi connectivity index (χ0n) is 21.9. The Bertz CT molecular complexity index is 1310. The Morgan fingerprint density at radius 1 is 0.897 bits per heavy atom. The van der Waals surface area contributed by atoms with Gasteiger partial charge in [0, 0.05) is 37.5 Å². The minimum Gasteiger partial charge on any atom is -0.354 e. The summed E-state index contributed by atoms with van der Waals surface area (Å²) in [6.45, 7) is 2.79. The Morgan fingerprint density at radius 3 is 2.18 bits per heavy atom. The summed E-state index contributed by atoms with van der Waals surface area (Å²) in [7, 11) is 0. The number of nitrogens with one attached hydrogen (secondary N) is 1. The van der Waals surface area contributed by atoms with Gasteiger partial charge in [0.15, 0.2) is 0 Å². The van der Waals surface area contributed by atoms with Crippen LogP contribution in [0.15, 0.2) is 78.9 Å². The van der Waals surface area contributed by atoms with E-state index in [-0.39, 0.29) is 49.6 Å². The summed E-state index contributed by atoms with van der Waals surface area (Å²) < 4.78 is 0. The van der Waals surface area contributed by atoms with Crippen LogP contribution < -0.4 is 5.32 Å². The summed E-state index contributed by atoms with van der Waals surface area (Å²) in [6.07, 6.45) is 1.47. The largest absolute Gasteiger partial charge is 0.354 e.